The third-order valence-electron chi connectivity index (χ3n) is 1.74. The van der Waals surface area contributed by atoms with Crippen LogP contribution < -0.4 is 0 Å². The summed E-state index contributed by atoms with van der Waals surface area (Å²) in [6, 6.07) is 5.06. The van der Waals surface area contributed by atoms with E-state index in [0.29, 0.717) is 21.4 Å². The molecule has 68 valence electrons. The number of rotatable bonds is 1. The Bertz CT molecular complexity index is 448. The van der Waals surface area contributed by atoms with Gasteiger partial charge < -0.3 is 9.52 Å². The largest absolute Gasteiger partial charge is 0.457 e. The minimum absolute atomic E-state index is 0.136. The van der Waals surface area contributed by atoms with E-state index in [2.05, 4.69) is 0 Å². The molecule has 0 unspecified atom stereocenters. The minimum Gasteiger partial charge on any atom is -0.457 e. The first-order chi connectivity index (χ1) is 6.20. The molecule has 0 fully saturated rings. The van der Waals surface area contributed by atoms with Crippen LogP contribution in [-0.2, 0) is 6.61 Å². The van der Waals surface area contributed by atoms with Crippen molar-refractivity contribution in [1.29, 1.82) is 0 Å². The van der Waals surface area contributed by atoms with Gasteiger partial charge >= 0.3 is 0 Å². The van der Waals surface area contributed by atoms with Crippen molar-refractivity contribution >= 4 is 34.2 Å². The van der Waals surface area contributed by atoms with E-state index >= 15 is 0 Å². The molecular weight excluding hydrogens is 211 g/mol. The van der Waals surface area contributed by atoms with Crippen LogP contribution in [-0.4, -0.2) is 5.11 Å². The van der Waals surface area contributed by atoms with Gasteiger partial charge in [-0.1, -0.05) is 23.2 Å². The van der Waals surface area contributed by atoms with Gasteiger partial charge in [-0.15, -0.1) is 0 Å². The fraction of sp³-hybridized carbons (Fsp3) is 0.111. The second-order valence-corrected chi connectivity index (χ2v) is 3.52. The van der Waals surface area contributed by atoms with Gasteiger partial charge in [0.1, 0.15) is 12.4 Å². The molecule has 13 heavy (non-hydrogen) atoms. The molecule has 0 saturated heterocycles. The number of benzene rings is 1. The van der Waals surface area contributed by atoms with Crippen molar-refractivity contribution in [2.24, 2.45) is 0 Å². The number of hydrogen-bond acceptors (Lipinski definition) is 2. The van der Waals surface area contributed by atoms with Crippen LogP contribution in [0.25, 0.3) is 11.0 Å². The standard InChI is InChI=1S/C9H6Cl2O2/c10-6-1-5-2-7(4-12)13-9(5)8(11)3-6/h1-3,12H,4H2. The first-order valence-electron chi connectivity index (χ1n) is 3.69. The topological polar surface area (TPSA) is 33.4 Å². The Morgan fingerprint density at radius 3 is 2.69 bits per heavy atom. The quantitative estimate of drug-likeness (QED) is 0.795. The van der Waals surface area contributed by atoms with Crippen LogP contribution in [0.1, 0.15) is 5.76 Å². The van der Waals surface area contributed by atoms with Crippen LogP contribution in [0.4, 0.5) is 0 Å². The fourth-order valence-corrected chi connectivity index (χ4v) is 1.75. The predicted molar refractivity (Wildman–Crippen MR) is 52.2 cm³/mol. The summed E-state index contributed by atoms with van der Waals surface area (Å²) in [4.78, 5) is 0. The molecule has 0 atom stereocenters. The van der Waals surface area contributed by atoms with Crippen LogP contribution in [0.5, 0.6) is 0 Å². The average Bonchev–Trinajstić information content (AvgIpc) is 2.47. The lowest BCUT2D eigenvalue weighted by molar-refractivity contribution is 0.251. The van der Waals surface area contributed by atoms with E-state index in [1.54, 1.807) is 18.2 Å². The van der Waals surface area contributed by atoms with Gasteiger partial charge in [0.15, 0.2) is 5.58 Å². The highest BCUT2D eigenvalue weighted by molar-refractivity contribution is 6.38. The Labute approximate surface area is 84.7 Å². The third kappa shape index (κ3) is 1.53. The monoisotopic (exact) mass is 216 g/mol. The highest BCUT2D eigenvalue weighted by Crippen LogP contribution is 2.30. The van der Waals surface area contributed by atoms with Gasteiger partial charge in [0, 0.05) is 10.4 Å². The van der Waals surface area contributed by atoms with E-state index in [9.17, 15) is 0 Å². The van der Waals surface area contributed by atoms with Crippen molar-refractivity contribution in [3.05, 3.63) is 34.0 Å². The Hall–Kier alpha value is -0.700. The van der Waals surface area contributed by atoms with Gasteiger partial charge in [-0.2, -0.15) is 0 Å². The van der Waals surface area contributed by atoms with E-state index in [4.69, 9.17) is 32.7 Å². The van der Waals surface area contributed by atoms with Gasteiger partial charge in [0.2, 0.25) is 0 Å². The third-order valence-corrected chi connectivity index (χ3v) is 2.24. The summed E-state index contributed by atoms with van der Waals surface area (Å²) < 4.78 is 5.26. The maximum atomic E-state index is 8.83. The summed E-state index contributed by atoms with van der Waals surface area (Å²) in [5.41, 5.74) is 0.565. The van der Waals surface area contributed by atoms with Crippen molar-refractivity contribution in [3.63, 3.8) is 0 Å². The molecule has 1 aromatic heterocycles. The summed E-state index contributed by atoms with van der Waals surface area (Å²) in [5.74, 6) is 0.485. The molecule has 0 amide bonds. The molecule has 2 rings (SSSR count). The first kappa shape index (κ1) is 8.88. The van der Waals surface area contributed by atoms with Gasteiger partial charge in [-0.3, -0.25) is 0 Å². The number of furan rings is 1. The van der Waals surface area contributed by atoms with Gasteiger partial charge in [-0.25, -0.2) is 0 Å². The zero-order valence-electron chi connectivity index (χ0n) is 6.55. The normalized spacial score (nSPS) is 11.0. The predicted octanol–water partition coefficient (Wildman–Crippen LogP) is 3.23. The maximum Gasteiger partial charge on any atom is 0.153 e. The lowest BCUT2D eigenvalue weighted by Crippen LogP contribution is -1.72. The van der Waals surface area contributed by atoms with Gasteiger partial charge in [-0.05, 0) is 18.2 Å². The lowest BCUT2D eigenvalue weighted by Gasteiger charge is -1.93. The molecule has 1 heterocycles. The smallest absolute Gasteiger partial charge is 0.153 e. The summed E-state index contributed by atoms with van der Waals surface area (Å²) in [6.45, 7) is -0.136. The number of halogens is 2. The molecule has 2 nitrogen and oxygen atoms in total. The maximum absolute atomic E-state index is 8.83. The van der Waals surface area contributed by atoms with Crippen LogP contribution in [0, 0.1) is 0 Å². The molecule has 0 spiro atoms. The summed E-state index contributed by atoms with van der Waals surface area (Å²) >= 11 is 11.7. The Morgan fingerprint density at radius 2 is 2.00 bits per heavy atom. The summed E-state index contributed by atoms with van der Waals surface area (Å²) in [6.07, 6.45) is 0. The molecule has 4 heteroatoms. The van der Waals surface area contributed by atoms with Gasteiger partial charge in [0.05, 0.1) is 5.02 Å². The van der Waals surface area contributed by atoms with E-state index in [0.717, 1.165) is 5.39 Å². The van der Waals surface area contributed by atoms with E-state index < -0.39 is 0 Å². The molecule has 0 radical (unpaired) electrons. The summed E-state index contributed by atoms with van der Waals surface area (Å²) in [5, 5.41) is 10.7. The van der Waals surface area contributed by atoms with E-state index in [1.807, 2.05) is 0 Å². The molecule has 0 aliphatic carbocycles. The second kappa shape index (κ2) is 3.22. The van der Waals surface area contributed by atoms with Crippen LogP contribution >= 0.6 is 23.2 Å². The van der Waals surface area contributed by atoms with Gasteiger partial charge in [0.25, 0.3) is 0 Å². The number of fused-ring (bicyclic) bond motifs is 1. The molecule has 1 N–H and O–H groups in total. The zero-order chi connectivity index (χ0) is 9.42. The van der Waals surface area contributed by atoms with Crippen molar-refractivity contribution in [1.82, 2.24) is 0 Å². The highest BCUT2D eigenvalue weighted by atomic mass is 35.5. The highest BCUT2D eigenvalue weighted by Gasteiger charge is 2.07. The van der Waals surface area contributed by atoms with Crippen LogP contribution in [0.15, 0.2) is 22.6 Å². The molecule has 1 aromatic carbocycles. The minimum atomic E-state index is -0.136. The molecule has 0 aliphatic heterocycles. The van der Waals surface area contributed by atoms with Crippen molar-refractivity contribution in [3.8, 4) is 0 Å². The lowest BCUT2D eigenvalue weighted by atomic mass is 10.2. The number of aliphatic hydroxyl groups is 1. The molecule has 0 saturated carbocycles. The number of aliphatic hydroxyl groups excluding tert-OH is 1. The molecule has 2 aromatic rings. The van der Waals surface area contributed by atoms with E-state index in [1.165, 1.54) is 0 Å². The molecule has 0 bridgehead atoms. The van der Waals surface area contributed by atoms with E-state index in [-0.39, 0.29) is 6.61 Å². The first-order valence-corrected chi connectivity index (χ1v) is 4.44. The SMILES string of the molecule is OCc1cc2cc(Cl)cc(Cl)c2o1. The average molecular weight is 217 g/mol. The molecule has 0 aliphatic rings. The Morgan fingerprint density at radius 1 is 1.23 bits per heavy atom. The summed E-state index contributed by atoms with van der Waals surface area (Å²) in [7, 11) is 0. The fourth-order valence-electron chi connectivity index (χ4n) is 1.21. The van der Waals surface area contributed by atoms with Crippen LogP contribution in [0.3, 0.4) is 0 Å². The molecular formula is C9H6Cl2O2. The zero-order valence-corrected chi connectivity index (χ0v) is 8.06. The Balaban J connectivity index is 2.75. The van der Waals surface area contributed by atoms with Crippen molar-refractivity contribution in [2.75, 3.05) is 0 Å². The second-order valence-electron chi connectivity index (χ2n) is 2.68. The van der Waals surface area contributed by atoms with Crippen molar-refractivity contribution < 1.29 is 9.52 Å². The van der Waals surface area contributed by atoms with Crippen molar-refractivity contribution in [2.45, 2.75) is 6.61 Å². The van der Waals surface area contributed by atoms with Crippen LogP contribution in [0.2, 0.25) is 10.0 Å². The Kier molecular flexibility index (Phi) is 2.20. The number of hydrogen-bond donors (Lipinski definition) is 1.